The van der Waals surface area contributed by atoms with Crippen molar-refractivity contribution in [2.45, 2.75) is 26.8 Å². The highest BCUT2D eigenvalue weighted by atomic mass is 15.5. The van der Waals surface area contributed by atoms with E-state index in [9.17, 15) is 0 Å². The molecular weight excluding hydrogens is 112 g/mol. The fourth-order valence-electron chi connectivity index (χ4n) is 1.19. The smallest absolute Gasteiger partial charge is 0.184 e. The molecule has 0 aliphatic carbocycles. The minimum atomic E-state index is 0.606. The zero-order chi connectivity index (χ0) is 7.02. The maximum absolute atomic E-state index is 3.31. The summed E-state index contributed by atoms with van der Waals surface area (Å²) >= 11 is 0. The first-order valence-electron chi connectivity index (χ1n) is 3.46. The Hall–Kier alpha value is -0.530. The van der Waals surface area contributed by atoms with Crippen LogP contribution in [0.2, 0.25) is 0 Å². The molecule has 1 N–H and O–H groups in total. The number of rotatable bonds is 0. The molecule has 0 bridgehead atoms. The summed E-state index contributed by atoms with van der Waals surface area (Å²) in [4.78, 5) is 0. The van der Waals surface area contributed by atoms with Crippen LogP contribution >= 0.6 is 0 Å². The molecule has 0 fully saturated rings. The van der Waals surface area contributed by atoms with E-state index in [1.165, 1.54) is 5.71 Å². The normalized spacial score (nSPS) is 35.1. The van der Waals surface area contributed by atoms with Crippen LogP contribution < -0.4 is 5.43 Å². The van der Waals surface area contributed by atoms with E-state index >= 15 is 0 Å². The van der Waals surface area contributed by atoms with E-state index in [1.54, 1.807) is 0 Å². The van der Waals surface area contributed by atoms with Crippen molar-refractivity contribution in [2.24, 2.45) is 5.92 Å². The van der Waals surface area contributed by atoms with Crippen LogP contribution in [0.4, 0.5) is 0 Å². The Labute approximate surface area is 56.5 Å². The van der Waals surface area contributed by atoms with Crippen molar-refractivity contribution in [3.05, 3.63) is 0 Å². The second-order valence-electron chi connectivity index (χ2n) is 2.91. The van der Waals surface area contributed by atoms with Gasteiger partial charge in [0.15, 0.2) is 12.8 Å². The molecule has 2 nitrogen and oxygen atoms in total. The first-order chi connectivity index (χ1) is 4.13. The zero-order valence-corrected chi connectivity index (χ0v) is 6.60. The van der Waals surface area contributed by atoms with Gasteiger partial charge in [-0.3, -0.25) is 0 Å². The van der Waals surface area contributed by atoms with Gasteiger partial charge in [0.05, 0.1) is 12.0 Å². The van der Waals surface area contributed by atoms with Gasteiger partial charge >= 0.3 is 0 Å². The van der Waals surface area contributed by atoms with Crippen molar-refractivity contribution in [1.82, 2.24) is 5.43 Å². The molecule has 2 heteroatoms. The van der Waals surface area contributed by atoms with Gasteiger partial charge in [-0.25, -0.2) is 0 Å². The van der Waals surface area contributed by atoms with E-state index in [2.05, 4.69) is 37.9 Å². The van der Waals surface area contributed by atoms with E-state index in [4.69, 9.17) is 0 Å². The summed E-state index contributed by atoms with van der Waals surface area (Å²) in [5.41, 5.74) is 4.75. The summed E-state index contributed by atoms with van der Waals surface area (Å²) in [6.45, 7) is 6.62. The number of hydrazine groups is 1. The third-order valence-corrected chi connectivity index (χ3v) is 2.34. The second kappa shape index (κ2) is 2.01. The average Bonchev–Trinajstić information content (AvgIpc) is 1.98. The predicted octanol–water partition coefficient (Wildman–Crippen LogP) is 0.632. The van der Waals surface area contributed by atoms with Crippen LogP contribution in [0.5, 0.6) is 0 Å². The van der Waals surface area contributed by atoms with Crippen LogP contribution in [-0.2, 0) is 0 Å². The fourth-order valence-corrected chi connectivity index (χ4v) is 1.19. The zero-order valence-electron chi connectivity index (χ0n) is 6.60. The summed E-state index contributed by atoms with van der Waals surface area (Å²) in [5.74, 6) is 0.690. The fraction of sp³-hybridized carbons (Fsp3) is 0.857. The summed E-state index contributed by atoms with van der Waals surface area (Å²) in [6, 6.07) is 0.606. The van der Waals surface area contributed by atoms with Gasteiger partial charge in [-0.05, 0) is 6.92 Å². The lowest BCUT2D eigenvalue weighted by Crippen LogP contribution is -2.28. The van der Waals surface area contributed by atoms with Gasteiger partial charge in [0.1, 0.15) is 0 Å². The van der Waals surface area contributed by atoms with Crippen LogP contribution in [0.25, 0.3) is 0 Å². The lowest BCUT2D eigenvalue weighted by atomic mass is 10.0. The molecule has 0 saturated heterocycles. The highest BCUT2D eigenvalue weighted by molar-refractivity contribution is 5.80. The molecule has 0 radical (unpaired) electrons. The molecule has 9 heavy (non-hydrogen) atoms. The number of hydrazone groups is 1. The Morgan fingerprint density at radius 3 is 2.11 bits per heavy atom. The molecule has 0 saturated carbocycles. The van der Waals surface area contributed by atoms with Crippen LogP contribution in [0.15, 0.2) is 0 Å². The van der Waals surface area contributed by atoms with Crippen molar-refractivity contribution in [3.63, 3.8) is 0 Å². The minimum absolute atomic E-state index is 0.606. The van der Waals surface area contributed by atoms with Crippen molar-refractivity contribution < 1.29 is 4.68 Å². The Bertz CT molecular complexity index is 149. The number of nitrogens with zero attached hydrogens (tertiary/aromatic N) is 1. The second-order valence-corrected chi connectivity index (χ2v) is 2.91. The van der Waals surface area contributed by atoms with Crippen molar-refractivity contribution >= 4 is 5.71 Å². The molecule has 2 unspecified atom stereocenters. The number of hydrogen-bond acceptors (Lipinski definition) is 1. The van der Waals surface area contributed by atoms with Gasteiger partial charge in [0.2, 0.25) is 0 Å². The molecular formula is C7H15N2+. The number of hydrogen-bond donors (Lipinski definition) is 1. The Morgan fingerprint density at radius 1 is 1.44 bits per heavy atom. The highest BCUT2D eigenvalue weighted by Gasteiger charge is 2.29. The van der Waals surface area contributed by atoms with Gasteiger partial charge in [-0.1, -0.05) is 6.92 Å². The van der Waals surface area contributed by atoms with E-state index in [0.29, 0.717) is 12.0 Å². The molecule has 1 aliphatic rings. The van der Waals surface area contributed by atoms with Crippen LogP contribution in [-0.4, -0.2) is 23.5 Å². The molecule has 1 rings (SSSR count). The summed E-state index contributed by atoms with van der Waals surface area (Å²) < 4.78 is 2.11. The summed E-state index contributed by atoms with van der Waals surface area (Å²) in [7, 11) is 2.06. The van der Waals surface area contributed by atoms with Crippen LogP contribution in [0.3, 0.4) is 0 Å². The molecule has 52 valence electrons. The van der Waals surface area contributed by atoms with E-state index in [1.807, 2.05) is 0 Å². The van der Waals surface area contributed by atoms with Gasteiger partial charge in [-0.2, -0.15) is 5.43 Å². The van der Waals surface area contributed by atoms with Gasteiger partial charge < -0.3 is 0 Å². The molecule has 0 aromatic rings. The molecule has 0 amide bonds. The van der Waals surface area contributed by atoms with E-state index in [-0.39, 0.29) is 0 Å². The third kappa shape index (κ3) is 0.934. The van der Waals surface area contributed by atoms with E-state index < -0.39 is 0 Å². The topological polar surface area (TPSA) is 15.0 Å². The average molecular weight is 127 g/mol. The summed E-state index contributed by atoms with van der Waals surface area (Å²) in [5, 5.41) is 0. The van der Waals surface area contributed by atoms with Gasteiger partial charge in [-0.15, -0.1) is 4.68 Å². The Balaban J connectivity index is 2.74. The molecule has 2 atom stereocenters. The molecule has 0 aromatic heterocycles. The molecule has 1 aliphatic heterocycles. The third-order valence-electron chi connectivity index (χ3n) is 2.34. The molecule has 0 aromatic carbocycles. The van der Waals surface area contributed by atoms with Crippen molar-refractivity contribution in [1.29, 1.82) is 0 Å². The minimum Gasteiger partial charge on any atom is -0.195 e. The standard InChI is InChI=1S/C7H15N2/c1-5-6(2)8-9(4)7(5)3/h5-6,8H,1-4H3/q+1. The maximum Gasteiger partial charge on any atom is 0.184 e. The Morgan fingerprint density at radius 2 is 2.00 bits per heavy atom. The van der Waals surface area contributed by atoms with E-state index in [0.717, 1.165) is 0 Å². The maximum atomic E-state index is 3.31. The van der Waals surface area contributed by atoms with Crippen LogP contribution in [0.1, 0.15) is 20.8 Å². The highest BCUT2D eigenvalue weighted by Crippen LogP contribution is 2.09. The van der Waals surface area contributed by atoms with Gasteiger partial charge in [0.25, 0.3) is 0 Å². The number of nitrogens with one attached hydrogen (secondary N) is 1. The largest absolute Gasteiger partial charge is 0.195 e. The molecule has 1 heterocycles. The quantitative estimate of drug-likeness (QED) is 0.472. The first kappa shape index (κ1) is 6.59. The summed E-state index contributed by atoms with van der Waals surface area (Å²) in [6.07, 6.45) is 0. The van der Waals surface area contributed by atoms with Crippen molar-refractivity contribution in [3.8, 4) is 0 Å². The monoisotopic (exact) mass is 127 g/mol. The molecule has 0 spiro atoms. The van der Waals surface area contributed by atoms with Crippen LogP contribution in [0, 0.1) is 5.92 Å². The lowest BCUT2D eigenvalue weighted by Gasteiger charge is -2.02. The van der Waals surface area contributed by atoms with Crippen molar-refractivity contribution in [2.75, 3.05) is 7.05 Å². The first-order valence-corrected chi connectivity index (χ1v) is 3.46. The SMILES string of the molecule is CC1=[N+](C)NC(C)C1C. The Kier molecular flexibility index (Phi) is 1.47. The predicted molar refractivity (Wildman–Crippen MR) is 38.6 cm³/mol. The van der Waals surface area contributed by atoms with Gasteiger partial charge in [0, 0.05) is 6.92 Å². The lowest BCUT2D eigenvalue weighted by molar-refractivity contribution is -0.555.